The largest absolute Gasteiger partial charge is 0.491 e. The molecule has 0 bridgehead atoms. The Balaban J connectivity index is 1.61. The summed E-state index contributed by atoms with van der Waals surface area (Å²) in [6.07, 6.45) is 1.98. The molecule has 0 aliphatic rings. The number of nitrogen functional groups attached to an aromatic ring is 1. The summed E-state index contributed by atoms with van der Waals surface area (Å²) in [6.45, 7) is 2.66. The van der Waals surface area contributed by atoms with Crippen molar-refractivity contribution < 1.29 is 4.74 Å². The van der Waals surface area contributed by atoms with Gasteiger partial charge in [0.1, 0.15) is 5.75 Å². The molecule has 0 aliphatic carbocycles. The first-order chi connectivity index (χ1) is 10.2. The van der Waals surface area contributed by atoms with Gasteiger partial charge in [-0.05, 0) is 31.4 Å². The van der Waals surface area contributed by atoms with Gasteiger partial charge in [0.05, 0.1) is 27.5 Å². The van der Waals surface area contributed by atoms with Crippen molar-refractivity contribution in [3.63, 3.8) is 0 Å². The molecule has 0 saturated carbocycles. The van der Waals surface area contributed by atoms with Gasteiger partial charge in [-0.25, -0.2) is 4.98 Å². The maximum absolute atomic E-state index is 6.04. The third-order valence-corrected chi connectivity index (χ3v) is 4.27. The van der Waals surface area contributed by atoms with Crippen LogP contribution in [0.5, 0.6) is 5.75 Å². The first-order valence-electron chi connectivity index (χ1n) is 7.06. The zero-order valence-electron chi connectivity index (χ0n) is 12.0. The van der Waals surface area contributed by atoms with E-state index in [1.807, 2.05) is 25.1 Å². The van der Waals surface area contributed by atoms with Crippen LogP contribution in [0.3, 0.4) is 0 Å². The Morgan fingerprint density at radius 2 is 2.00 bits per heavy atom. The smallest absolute Gasteiger partial charge is 0.144 e. The lowest BCUT2D eigenvalue weighted by atomic mass is 10.1. The molecule has 3 nitrogen and oxygen atoms in total. The molecule has 1 aromatic heterocycles. The molecule has 108 valence electrons. The summed E-state index contributed by atoms with van der Waals surface area (Å²) in [5.41, 5.74) is 9.02. The minimum absolute atomic E-state index is 0.660. The van der Waals surface area contributed by atoms with Crippen LogP contribution in [0.1, 0.15) is 17.0 Å². The molecular weight excluding hydrogens is 280 g/mol. The average molecular weight is 298 g/mol. The maximum Gasteiger partial charge on any atom is 0.144 e. The standard InChI is InChI=1S/C17H18N2OS/c1-12-19-15-11-16(14(18)10-17(15)21-12)20-9-5-8-13-6-3-2-4-7-13/h2-4,6-7,10-11H,5,8-9,18H2,1H3. The fraction of sp³-hybridized carbons (Fsp3) is 0.235. The number of hydrogen-bond donors (Lipinski definition) is 1. The lowest BCUT2D eigenvalue weighted by Gasteiger charge is -2.09. The predicted octanol–water partition coefficient (Wildman–Crippen LogP) is 4.20. The van der Waals surface area contributed by atoms with Crippen LogP contribution in [-0.4, -0.2) is 11.6 Å². The number of aryl methyl sites for hydroxylation is 2. The molecule has 3 aromatic rings. The van der Waals surface area contributed by atoms with Gasteiger partial charge in [0, 0.05) is 6.07 Å². The van der Waals surface area contributed by atoms with E-state index in [9.17, 15) is 0 Å². The summed E-state index contributed by atoms with van der Waals surface area (Å²) in [4.78, 5) is 4.47. The monoisotopic (exact) mass is 298 g/mol. The molecule has 0 atom stereocenters. The SMILES string of the molecule is Cc1nc2cc(OCCCc3ccccc3)c(N)cc2s1. The van der Waals surface area contributed by atoms with Crippen molar-refractivity contribution in [1.82, 2.24) is 4.98 Å². The van der Waals surface area contributed by atoms with E-state index >= 15 is 0 Å². The van der Waals surface area contributed by atoms with Gasteiger partial charge >= 0.3 is 0 Å². The minimum Gasteiger partial charge on any atom is -0.491 e. The van der Waals surface area contributed by atoms with E-state index in [0.717, 1.165) is 33.8 Å². The third-order valence-electron chi connectivity index (χ3n) is 3.34. The van der Waals surface area contributed by atoms with Crippen molar-refractivity contribution in [2.45, 2.75) is 19.8 Å². The molecule has 0 saturated heterocycles. The van der Waals surface area contributed by atoms with E-state index in [0.29, 0.717) is 12.3 Å². The summed E-state index contributed by atoms with van der Waals surface area (Å²) in [5, 5.41) is 1.05. The number of hydrogen-bond acceptors (Lipinski definition) is 4. The van der Waals surface area contributed by atoms with E-state index in [1.54, 1.807) is 11.3 Å². The van der Waals surface area contributed by atoms with Crippen LogP contribution < -0.4 is 10.5 Å². The Labute approximate surface area is 128 Å². The second-order valence-electron chi connectivity index (χ2n) is 5.03. The molecule has 4 heteroatoms. The van der Waals surface area contributed by atoms with E-state index in [4.69, 9.17) is 10.5 Å². The van der Waals surface area contributed by atoms with Gasteiger partial charge in [-0.2, -0.15) is 0 Å². The van der Waals surface area contributed by atoms with Crippen LogP contribution in [0.25, 0.3) is 10.2 Å². The van der Waals surface area contributed by atoms with Crippen molar-refractivity contribution in [3.05, 3.63) is 53.0 Å². The maximum atomic E-state index is 6.04. The highest BCUT2D eigenvalue weighted by molar-refractivity contribution is 7.18. The molecule has 21 heavy (non-hydrogen) atoms. The minimum atomic E-state index is 0.660. The van der Waals surface area contributed by atoms with Gasteiger partial charge in [0.2, 0.25) is 0 Å². The van der Waals surface area contributed by atoms with Crippen molar-refractivity contribution in [2.75, 3.05) is 12.3 Å². The van der Waals surface area contributed by atoms with Crippen LogP contribution >= 0.6 is 11.3 Å². The number of aromatic nitrogens is 1. The van der Waals surface area contributed by atoms with Crippen LogP contribution in [0.2, 0.25) is 0 Å². The molecule has 0 spiro atoms. The first kappa shape index (κ1) is 13.9. The average Bonchev–Trinajstić information content (AvgIpc) is 2.83. The topological polar surface area (TPSA) is 48.1 Å². The van der Waals surface area contributed by atoms with E-state index in [1.165, 1.54) is 5.56 Å². The fourth-order valence-corrected chi connectivity index (χ4v) is 3.17. The summed E-state index contributed by atoms with van der Waals surface area (Å²) < 4.78 is 6.93. The van der Waals surface area contributed by atoms with Crippen molar-refractivity contribution >= 4 is 27.2 Å². The first-order valence-corrected chi connectivity index (χ1v) is 7.87. The molecule has 0 aliphatic heterocycles. The van der Waals surface area contributed by atoms with Crippen LogP contribution in [0.15, 0.2) is 42.5 Å². The number of nitrogens with two attached hydrogens (primary N) is 1. The second kappa shape index (κ2) is 6.14. The van der Waals surface area contributed by atoms with Crippen LogP contribution in [0.4, 0.5) is 5.69 Å². The normalized spacial score (nSPS) is 10.9. The van der Waals surface area contributed by atoms with Crippen molar-refractivity contribution in [1.29, 1.82) is 0 Å². The highest BCUT2D eigenvalue weighted by Gasteiger charge is 2.07. The van der Waals surface area contributed by atoms with Gasteiger partial charge in [-0.15, -0.1) is 11.3 Å². The van der Waals surface area contributed by atoms with Crippen LogP contribution in [0, 0.1) is 6.92 Å². The summed E-state index contributed by atoms with van der Waals surface area (Å²) in [7, 11) is 0. The number of anilines is 1. The highest BCUT2D eigenvalue weighted by Crippen LogP contribution is 2.31. The van der Waals surface area contributed by atoms with E-state index in [2.05, 4.69) is 29.2 Å². The van der Waals surface area contributed by atoms with Gasteiger partial charge in [0.25, 0.3) is 0 Å². The molecular formula is C17H18N2OS. The number of fused-ring (bicyclic) bond motifs is 1. The summed E-state index contributed by atoms with van der Waals surface area (Å²) in [6, 6.07) is 14.3. The zero-order chi connectivity index (χ0) is 14.7. The zero-order valence-corrected chi connectivity index (χ0v) is 12.8. The van der Waals surface area contributed by atoms with Crippen molar-refractivity contribution in [3.8, 4) is 5.75 Å². The van der Waals surface area contributed by atoms with Crippen molar-refractivity contribution in [2.24, 2.45) is 0 Å². The van der Waals surface area contributed by atoms with Gasteiger partial charge in [-0.1, -0.05) is 30.3 Å². The molecule has 0 unspecified atom stereocenters. The van der Waals surface area contributed by atoms with Crippen LogP contribution in [-0.2, 0) is 6.42 Å². The number of rotatable bonds is 5. The number of ether oxygens (including phenoxy) is 1. The van der Waals surface area contributed by atoms with Gasteiger partial charge in [0.15, 0.2) is 0 Å². The summed E-state index contributed by atoms with van der Waals surface area (Å²) >= 11 is 1.65. The third kappa shape index (κ3) is 3.34. The van der Waals surface area contributed by atoms with E-state index in [-0.39, 0.29) is 0 Å². The molecule has 0 radical (unpaired) electrons. The number of benzene rings is 2. The molecule has 3 rings (SSSR count). The predicted molar refractivity (Wildman–Crippen MR) is 89.0 cm³/mol. The Bertz CT molecular complexity index is 737. The Hall–Kier alpha value is -2.07. The molecule has 1 heterocycles. The quantitative estimate of drug-likeness (QED) is 0.567. The van der Waals surface area contributed by atoms with E-state index < -0.39 is 0 Å². The molecule has 2 N–H and O–H groups in total. The summed E-state index contributed by atoms with van der Waals surface area (Å²) in [5.74, 6) is 0.737. The fourth-order valence-electron chi connectivity index (χ4n) is 2.31. The molecule has 0 amide bonds. The highest BCUT2D eigenvalue weighted by atomic mass is 32.1. The lowest BCUT2D eigenvalue weighted by molar-refractivity contribution is 0.313. The Kier molecular flexibility index (Phi) is 4.06. The molecule has 2 aromatic carbocycles. The van der Waals surface area contributed by atoms with Gasteiger partial charge < -0.3 is 10.5 Å². The molecule has 0 fully saturated rings. The van der Waals surface area contributed by atoms with Gasteiger partial charge in [-0.3, -0.25) is 0 Å². The Morgan fingerprint density at radius 1 is 1.19 bits per heavy atom. The Morgan fingerprint density at radius 3 is 2.81 bits per heavy atom. The second-order valence-corrected chi connectivity index (χ2v) is 6.26. The lowest BCUT2D eigenvalue weighted by Crippen LogP contribution is -2.01. The number of nitrogens with zero attached hydrogens (tertiary/aromatic N) is 1. The number of thiazole rings is 1.